The third kappa shape index (κ3) is 2.68. The van der Waals surface area contributed by atoms with Gasteiger partial charge in [-0.05, 0) is 12.1 Å². The smallest absolute Gasteiger partial charge is 0.250 e. The molecule has 6 nitrogen and oxygen atoms in total. The SMILES string of the molecule is NC(=O)c1ccc(NN2CCOCC2)nc1. The van der Waals surface area contributed by atoms with Crippen LogP contribution in [0.2, 0.25) is 0 Å². The van der Waals surface area contributed by atoms with Crippen molar-refractivity contribution in [3.05, 3.63) is 23.9 Å². The first-order valence-electron chi connectivity index (χ1n) is 5.11. The highest BCUT2D eigenvalue weighted by atomic mass is 16.5. The van der Waals surface area contributed by atoms with Crippen LogP contribution in [0.3, 0.4) is 0 Å². The maximum Gasteiger partial charge on any atom is 0.250 e. The molecule has 1 amide bonds. The lowest BCUT2D eigenvalue weighted by Crippen LogP contribution is -2.40. The minimum atomic E-state index is -0.467. The molecule has 0 atom stereocenters. The molecular weight excluding hydrogens is 208 g/mol. The van der Waals surface area contributed by atoms with Gasteiger partial charge in [-0.2, -0.15) is 0 Å². The fourth-order valence-electron chi connectivity index (χ4n) is 1.44. The van der Waals surface area contributed by atoms with E-state index in [1.807, 2.05) is 5.01 Å². The summed E-state index contributed by atoms with van der Waals surface area (Å²) in [7, 11) is 0. The first kappa shape index (κ1) is 10.8. The fourth-order valence-corrected chi connectivity index (χ4v) is 1.44. The second kappa shape index (κ2) is 4.91. The van der Waals surface area contributed by atoms with Gasteiger partial charge in [0.05, 0.1) is 18.8 Å². The summed E-state index contributed by atoms with van der Waals surface area (Å²) >= 11 is 0. The van der Waals surface area contributed by atoms with Gasteiger partial charge >= 0.3 is 0 Å². The minimum Gasteiger partial charge on any atom is -0.379 e. The Balaban J connectivity index is 1.96. The van der Waals surface area contributed by atoms with E-state index >= 15 is 0 Å². The number of nitrogens with zero attached hydrogens (tertiary/aromatic N) is 2. The summed E-state index contributed by atoms with van der Waals surface area (Å²) in [5.74, 6) is 0.234. The number of hydrazine groups is 1. The maximum absolute atomic E-state index is 10.8. The van der Waals surface area contributed by atoms with Crippen LogP contribution in [-0.2, 0) is 4.74 Å². The van der Waals surface area contributed by atoms with Gasteiger partial charge in [-0.1, -0.05) is 0 Å². The van der Waals surface area contributed by atoms with Crippen molar-refractivity contribution in [1.29, 1.82) is 0 Å². The topological polar surface area (TPSA) is 80.5 Å². The Morgan fingerprint density at radius 3 is 2.75 bits per heavy atom. The van der Waals surface area contributed by atoms with Crippen LogP contribution >= 0.6 is 0 Å². The number of aromatic nitrogens is 1. The maximum atomic E-state index is 10.8. The van der Waals surface area contributed by atoms with E-state index in [1.54, 1.807) is 12.1 Å². The number of rotatable bonds is 3. The minimum absolute atomic E-state index is 0.410. The molecule has 1 aliphatic heterocycles. The summed E-state index contributed by atoms with van der Waals surface area (Å²) in [6, 6.07) is 3.38. The van der Waals surface area contributed by atoms with Gasteiger partial charge in [-0.15, -0.1) is 0 Å². The standard InChI is InChI=1S/C10H14N4O2/c11-10(15)8-1-2-9(12-7-8)13-14-3-5-16-6-4-14/h1-2,7H,3-6H2,(H2,11,15)(H,12,13). The van der Waals surface area contributed by atoms with E-state index in [0.717, 1.165) is 13.1 Å². The van der Waals surface area contributed by atoms with Crippen molar-refractivity contribution in [2.45, 2.75) is 0 Å². The van der Waals surface area contributed by atoms with E-state index in [0.29, 0.717) is 24.6 Å². The Morgan fingerprint density at radius 2 is 2.19 bits per heavy atom. The van der Waals surface area contributed by atoms with E-state index in [9.17, 15) is 4.79 Å². The number of nitrogens with two attached hydrogens (primary N) is 1. The first-order valence-corrected chi connectivity index (χ1v) is 5.11. The van der Waals surface area contributed by atoms with Crippen molar-refractivity contribution in [3.8, 4) is 0 Å². The highest BCUT2D eigenvalue weighted by Gasteiger charge is 2.10. The van der Waals surface area contributed by atoms with Crippen molar-refractivity contribution in [2.75, 3.05) is 31.7 Å². The highest BCUT2D eigenvalue weighted by molar-refractivity contribution is 5.92. The molecule has 0 aliphatic carbocycles. The molecule has 1 aliphatic rings. The summed E-state index contributed by atoms with van der Waals surface area (Å²) in [6.45, 7) is 3.07. The number of morpholine rings is 1. The third-order valence-corrected chi connectivity index (χ3v) is 2.33. The molecule has 1 saturated heterocycles. The number of pyridine rings is 1. The molecule has 1 aromatic rings. The van der Waals surface area contributed by atoms with Crippen molar-refractivity contribution in [2.24, 2.45) is 5.73 Å². The van der Waals surface area contributed by atoms with Gasteiger partial charge in [0.25, 0.3) is 0 Å². The van der Waals surface area contributed by atoms with Crippen molar-refractivity contribution in [3.63, 3.8) is 0 Å². The molecule has 2 heterocycles. The van der Waals surface area contributed by atoms with Gasteiger partial charge in [-0.3, -0.25) is 4.79 Å². The van der Waals surface area contributed by atoms with Crippen molar-refractivity contribution < 1.29 is 9.53 Å². The number of hydrogen-bond donors (Lipinski definition) is 2. The lowest BCUT2D eigenvalue weighted by Gasteiger charge is -2.27. The fraction of sp³-hybridized carbons (Fsp3) is 0.400. The monoisotopic (exact) mass is 222 g/mol. The number of carbonyl (C=O) groups is 1. The van der Waals surface area contributed by atoms with Gasteiger partial charge in [0.1, 0.15) is 5.82 Å². The van der Waals surface area contributed by atoms with Gasteiger partial charge in [0.2, 0.25) is 5.91 Å². The molecule has 0 unspecified atom stereocenters. The zero-order chi connectivity index (χ0) is 11.4. The molecule has 0 saturated carbocycles. The number of ether oxygens (including phenoxy) is 1. The van der Waals surface area contributed by atoms with Crippen LogP contribution in [0.15, 0.2) is 18.3 Å². The molecule has 0 spiro atoms. The number of hydrogen-bond acceptors (Lipinski definition) is 5. The first-order chi connectivity index (χ1) is 7.75. The summed E-state index contributed by atoms with van der Waals surface area (Å²) < 4.78 is 5.22. The number of anilines is 1. The van der Waals surface area contributed by atoms with Crippen LogP contribution in [0.1, 0.15) is 10.4 Å². The van der Waals surface area contributed by atoms with Crippen LogP contribution in [-0.4, -0.2) is 42.2 Å². The molecule has 2 rings (SSSR count). The van der Waals surface area contributed by atoms with E-state index in [1.165, 1.54) is 6.20 Å². The summed E-state index contributed by atoms with van der Waals surface area (Å²) in [4.78, 5) is 14.9. The Labute approximate surface area is 93.4 Å². The van der Waals surface area contributed by atoms with Crippen LogP contribution in [0.4, 0.5) is 5.82 Å². The number of primary amides is 1. The third-order valence-electron chi connectivity index (χ3n) is 2.33. The molecule has 0 aromatic carbocycles. The molecule has 6 heteroatoms. The zero-order valence-electron chi connectivity index (χ0n) is 8.85. The van der Waals surface area contributed by atoms with E-state index in [4.69, 9.17) is 10.5 Å². The molecule has 1 fully saturated rings. The highest BCUT2D eigenvalue weighted by Crippen LogP contribution is 2.06. The average molecular weight is 222 g/mol. The number of nitrogens with one attached hydrogen (secondary N) is 1. The van der Waals surface area contributed by atoms with Gasteiger partial charge in [0, 0.05) is 19.3 Å². The predicted octanol–water partition coefficient (Wildman–Crippen LogP) is -0.160. The van der Waals surface area contributed by atoms with Gasteiger partial charge < -0.3 is 15.9 Å². The molecule has 0 radical (unpaired) electrons. The summed E-state index contributed by atoms with van der Waals surface area (Å²) in [5.41, 5.74) is 8.67. The number of carbonyl (C=O) groups excluding carboxylic acids is 1. The largest absolute Gasteiger partial charge is 0.379 e. The van der Waals surface area contributed by atoms with Crippen LogP contribution in [0, 0.1) is 0 Å². The quantitative estimate of drug-likeness (QED) is 0.742. The number of amides is 1. The Bertz CT molecular complexity index is 360. The Morgan fingerprint density at radius 1 is 1.44 bits per heavy atom. The lowest BCUT2D eigenvalue weighted by molar-refractivity contribution is 0.0495. The molecular formula is C10H14N4O2. The summed E-state index contributed by atoms with van der Waals surface area (Å²) in [5, 5.41) is 2.02. The molecule has 3 N–H and O–H groups in total. The van der Waals surface area contributed by atoms with Gasteiger partial charge in [0.15, 0.2) is 0 Å². The Kier molecular flexibility index (Phi) is 3.33. The molecule has 0 bridgehead atoms. The van der Waals surface area contributed by atoms with Crippen molar-refractivity contribution >= 4 is 11.7 Å². The normalized spacial score (nSPS) is 17.0. The lowest BCUT2D eigenvalue weighted by atomic mass is 10.3. The molecule has 16 heavy (non-hydrogen) atoms. The van der Waals surface area contributed by atoms with E-state index in [-0.39, 0.29) is 0 Å². The second-order valence-electron chi connectivity index (χ2n) is 3.51. The Hall–Kier alpha value is -1.66. The molecule has 1 aromatic heterocycles. The molecule has 86 valence electrons. The van der Waals surface area contributed by atoms with E-state index < -0.39 is 5.91 Å². The second-order valence-corrected chi connectivity index (χ2v) is 3.51. The van der Waals surface area contributed by atoms with E-state index in [2.05, 4.69) is 10.4 Å². The summed E-state index contributed by atoms with van der Waals surface area (Å²) in [6.07, 6.45) is 1.46. The predicted molar refractivity (Wildman–Crippen MR) is 58.8 cm³/mol. The van der Waals surface area contributed by atoms with Crippen LogP contribution in [0.25, 0.3) is 0 Å². The van der Waals surface area contributed by atoms with Crippen LogP contribution in [0.5, 0.6) is 0 Å². The van der Waals surface area contributed by atoms with Crippen molar-refractivity contribution in [1.82, 2.24) is 9.99 Å². The van der Waals surface area contributed by atoms with Gasteiger partial charge in [-0.25, -0.2) is 9.99 Å². The van der Waals surface area contributed by atoms with Crippen LogP contribution < -0.4 is 11.2 Å². The average Bonchev–Trinajstić information content (AvgIpc) is 2.31. The zero-order valence-corrected chi connectivity index (χ0v) is 8.85.